The van der Waals surface area contributed by atoms with E-state index < -0.39 is 11.8 Å². The van der Waals surface area contributed by atoms with Gasteiger partial charge in [0.2, 0.25) is 0 Å². The van der Waals surface area contributed by atoms with Crippen LogP contribution in [0.1, 0.15) is 18.5 Å². The first-order valence-electron chi connectivity index (χ1n) is 6.29. The van der Waals surface area contributed by atoms with Crippen LogP contribution in [0.5, 0.6) is 0 Å². The van der Waals surface area contributed by atoms with Crippen LogP contribution in [0.15, 0.2) is 29.0 Å². The van der Waals surface area contributed by atoms with E-state index in [4.69, 9.17) is 5.11 Å². The molecular formula is C13H13BrFN3O2. The molecule has 20 heavy (non-hydrogen) atoms. The van der Waals surface area contributed by atoms with E-state index in [1.807, 2.05) is 6.07 Å². The van der Waals surface area contributed by atoms with Crippen molar-refractivity contribution < 1.29 is 14.3 Å². The van der Waals surface area contributed by atoms with E-state index in [-0.39, 0.29) is 6.54 Å². The minimum atomic E-state index is -1.71. The van der Waals surface area contributed by atoms with Crippen LogP contribution in [0.3, 0.4) is 0 Å². The fourth-order valence-electron chi connectivity index (χ4n) is 2.56. The number of piperidine rings is 1. The molecular weight excluding hydrogens is 329 g/mol. The number of hydrogen-bond acceptors (Lipinski definition) is 2. The number of pyridine rings is 1. The Balaban J connectivity index is 1.98. The van der Waals surface area contributed by atoms with Gasteiger partial charge in [0.1, 0.15) is 5.65 Å². The molecule has 1 N–H and O–H groups in total. The first-order chi connectivity index (χ1) is 9.48. The first kappa shape index (κ1) is 13.4. The van der Waals surface area contributed by atoms with Crippen LogP contribution in [-0.4, -0.2) is 38.6 Å². The normalized spacial score (nSPS) is 23.2. The lowest BCUT2D eigenvalue weighted by molar-refractivity contribution is 0.0404. The number of amides is 1. The van der Waals surface area contributed by atoms with E-state index >= 15 is 4.39 Å². The quantitative estimate of drug-likeness (QED) is 0.867. The van der Waals surface area contributed by atoms with E-state index in [2.05, 4.69) is 20.9 Å². The fraction of sp³-hybridized carbons (Fsp3) is 0.385. The Hall–Kier alpha value is -1.63. The third kappa shape index (κ3) is 2.26. The summed E-state index contributed by atoms with van der Waals surface area (Å²) in [6.07, 6.45) is 3.13. The van der Waals surface area contributed by atoms with Gasteiger partial charge in [-0.05, 0) is 25.0 Å². The van der Waals surface area contributed by atoms with Crippen molar-refractivity contribution in [1.29, 1.82) is 0 Å². The molecule has 0 spiro atoms. The van der Waals surface area contributed by atoms with Gasteiger partial charge in [-0.2, -0.15) is 0 Å². The van der Waals surface area contributed by atoms with Crippen LogP contribution < -0.4 is 0 Å². The number of aromatic nitrogens is 2. The average molecular weight is 342 g/mol. The van der Waals surface area contributed by atoms with Crippen molar-refractivity contribution >= 4 is 27.7 Å². The van der Waals surface area contributed by atoms with Gasteiger partial charge in [-0.3, -0.25) is 0 Å². The Kier molecular flexibility index (Phi) is 3.16. The van der Waals surface area contributed by atoms with Crippen molar-refractivity contribution in [2.45, 2.75) is 18.5 Å². The van der Waals surface area contributed by atoms with Crippen LogP contribution in [0, 0.1) is 0 Å². The Bertz CT molecular complexity index is 675. The van der Waals surface area contributed by atoms with Crippen molar-refractivity contribution in [2.24, 2.45) is 0 Å². The third-order valence-corrected chi connectivity index (χ3v) is 4.09. The van der Waals surface area contributed by atoms with E-state index in [0.29, 0.717) is 30.7 Å². The summed E-state index contributed by atoms with van der Waals surface area (Å²) < 4.78 is 17.7. The van der Waals surface area contributed by atoms with Crippen LogP contribution >= 0.6 is 15.9 Å². The molecule has 0 aliphatic carbocycles. The maximum Gasteiger partial charge on any atom is 0.407 e. The van der Waals surface area contributed by atoms with Gasteiger partial charge >= 0.3 is 6.09 Å². The van der Waals surface area contributed by atoms with E-state index in [1.165, 1.54) is 0 Å². The number of imidazole rings is 1. The molecule has 3 heterocycles. The Morgan fingerprint density at radius 2 is 2.35 bits per heavy atom. The number of carbonyl (C=O) groups is 1. The van der Waals surface area contributed by atoms with Gasteiger partial charge in [-0.15, -0.1) is 0 Å². The van der Waals surface area contributed by atoms with Gasteiger partial charge < -0.3 is 14.4 Å². The highest BCUT2D eigenvalue weighted by atomic mass is 79.9. The number of likely N-dealkylation sites (tertiary alicyclic amines) is 1. The molecule has 2 aromatic heterocycles. The minimum absolute atomic E-state index is 0.159. The van der Waals surface area contributed by atoms with Crippen LogP contribution in [0.4, 0.5) is 9.18 Å². The topological polar surface area (TPSA) is 57.8 Å². The van der Waals surface area contributed by atoms with Crippen molar-refractivity contribution in [3.8, 4) is 0 Å². The van der Waals surface area contributed by atoms with Gasteiger partial charge in [-0.25, -0.2) is 14.2 Å². The lowest BCUT2D eigenvalue weighted by atomic mass is 9.92. The SMILES string of the molecule is O=C(O)N1CCC[C@](F)(c2cn3ccc(Br)cc3n2)C1. The second-order valence-electron chi connectivity index (χ2n) is 5.01. The molecule has 1 fully saturated rings. The lowest BCUT2D eigenvalue weighted by Crippen LogP contribution is -2.46. The lowest BCUT2D eigenvalue weighted by Gasteiger charge is -2.34. The standard InChI is InChI=1S/C13H13BrFN3O2/c14-9-2-5-17-7-10(16-11(17)6-9)13(15)3-1-4-18(8-13)12(19)20/h2,5-7H,1,3-4,8H2,(H,19,20)/t13-/m1/s1. The molecule has 0 saturated carbocycles. The Morgan fingerprint density at radius 1 is 1.55 bits per heavy atom. The second-order valence-corrected chi connectivity index (χ2v) is 5.93. The molecule has 1 atom stereocenters. The molecule has 1 aliphatic heterocycles. The number of halogens is 2. The second kappa shape index (κ2) is 4.73. The minimum Gasteiger partial charge on any atom is -0.465 e. The van der Waals surface area contributed by atoms with Crippen molar-refractivity contribution in [2.75, 3.05) is 13.1 Å². The zero-order valence-corrected chi connectivity index (χ0v) is 12.2. The van der Waals surface area contributed by atoms with Crippen molar-refractivity contribution in [3.05, 3.63) is 34.7 Å². The highest BCUT2D eigenvalue weighted by molar-refractivity contribution is 9.10. The van der Waals surface area contributed by atoms with E-state index in [0.717, 1.165) is 9.37 Å². The zero-order chi connectivity index (χ0) is 14.3. The predicted octanol–water partition coefficient (Wildman–Crippen LogP) is 3.04. The van der Waals surface area contributed by atoms with Crippen LogP contribution in [-0.2, 0) is 5.67 Å². The van der Waals surface area contributed by atoms with Gasteiger partial charge in [-0.1, -0.05) is 15.9 Å². The first-order valence-corrected chi connectivity index (χ1v) is 7.09. The molecule has 3 rings (SSSR count). The molecule has 1 amide bonds. The predicted molar refractivity (Wildman–Crippen MR) is 74.5 cm³/mol. The number of alkyl halides is 1. The highest BCUT2D eigenvalue weighted by Crippen LogP contribution is 2.35. The van der Waals surface area contributed by atoms with E-state index in [1.54, 1.807) is 22.9 Å². The largest absolute Gasteiger partial charge is 0.465 e. The average Bonchev–Trinajstić information content (AvgIpc) is 2.82. The molecule has 7 heteroatoms. The smallest absolute Gasteiger partial charge is 0.407 e. The maximum atomic E-state index is 15.1. The van der Waals surface area contributed by atoms with Gasteiger partial charge in [0, 0.05) is 23.4 Å². The van der Waals surface area contributed by atoms with Crippen molar-refractivity contribution in [3.63, 3.8) is 0 Å². The molecule has 1 saturated heterocycles. The number of rotatable bonds is 1. The monoisotopic (exact) mass is 341 g/mol. The zero-order valence-electron chi connectivity index (χ0n) is 10.6. The molecule has 0 radical (unpaired) electrons. The Morgan fingerprint density at radius 3 is 3.10 bits per heavy atom. The molecule has 1 aliphatic rings. The number of hydrogen-bond donors (Lipinski definition) is 1. The molecule has 0 bridgehead atoms. The molecule has 0 unspecified atom stereocenters. The molecule has 106 valence electrons. The summed E-state index contributed by atoms with van der Waals surface area (Å²) in [7, 11) is 0. The number of nitrogens with zero attached hydrogens (tertiary/aromatic N) is 3. The van der Waals surface area contributed by atoms with Crippen molar-refractivity contribution in [1.82, 2.24) is 14.3 Å². The van der Waals surface area contributed by atoms with E-state index in [9.17, 15) is 4.79 Å². The van der Waals surface area contributed by atoms with Gasteiger partial charge in [0.15, 0.2) is 5.67 Å². The summed E-state index contributed by atoms with van der Waals surface area (Å²) in [4.78, 5) is 16.4. The molecule has 2 aromatic rings. The molecule has 0 aromatic carbocycles. The van der Waals surface area contributed by atoms with Crippen LogP contribution in [0.25, 0.3) is 5.65 Å². The maximum absolute atomic E-state index is 15.1. The number of fused-ring (bicyclic) bond motifs is 1. The summed E-state index contributed by atoms with van der Waals surface area (Å²) in [6, 6.07) is 3.64. The summed E-state index contributed by atoms with van der Waals surface area (Å²) in [5.41, 5.74) is -0.782. The van der Waals surface area contributed by atoms with Crippen LogP contribution in [0.2, 0.25) is 0 Å². The summed E-state index contributed by atoms with van der Waals surface area (Å²) in [5.74, 6) is 0. The summed E-state index contributed by atoms with van der Waals surface area (Å²) in [6.45, 7) is 0.216. The highest BCUT2D eigenvalue weighted by Gasteiger charge is 2.41. The Labute approximate surface area is 123 Å². The van der Waals surface area contributed by atoms with Gasteiger partial charge in [0.05, 0.1) is 12.2 Å². The fourth-order valence-corrected chi connectivity index (χ4v) is 2.88. The molecule has 5 nitrogen and oxygen atoms in total. The summed E-state index contributed by atoms with van der Waals surface area (Å²) >= 11 is 3.35. The van der Waals surface area contributed by atoms with Gasteiger partial charge in [0.25, 0.3) is 0 Å². The summed E-state index contributed by atoms with van der Waals surface area (Å²) in [5, 5.41) is 9.02. The third-order valence-electron chi connectivity index (χ3n) is 3.59. The number of carboxylic acid groups (broad SMARTS) is 1.